The molecule has 0 spiro atoms. The van der Waals surface area contributed by atoms with Gasteiger partial charge >= 0.3 is 0 Å². The number of aromatic amines is 1. The Bertz CT molecular complexity index is 751. The number of H-pyrrole nitrogens is 1. The van der Waals surface area contributed by atoms with Crippen LogP contribution < -0.4 is 0 Å². The van der Waals surface area contributed by atoms with Crippen molar-refractivity contribution >= 4 is 16.8 Å². The Morgan fingerprint density at radius 2 is 2.17 bits per heavy atom. The molecule has 0 unspecified atom stereocenters. The number of amides is 1. The van der Waals surface area contributed by atoms with Crippen molar-refractivity contribution in [3.8, 4) is 0 Å². The topological polar surface area (TPSA) is 56.3 Å². The van der Waals surface area contributed by atoms with Gasteiger partial charge in [-0.2, -0.15) is 0 Å². The molecule has 2 aromatic rings. The average molecular weight is 312 g/mol. The second-order valence-electron chi connectivity index (χ2n) is 7.06. The Balaban J connectivity index is 1.84. The minimum atomic E-state index is -0.598. The third-order valence-electron chi connectivity index (χ3n) is 5.90. The molecule has 2 aliphatic heterocycles. The van der Waals surface area contributed by atoms with Gasteiger partial charge < -0.3 is 15.0 Å². The van der Waals surface area contributed by atoms with Crippen LogP contribution in [0.1, 0.15) is 50.0 Å². The maximum Gasteiger partial charge on any atom is 0.228 e. The average Bonchev–Trinajstić information content (AvgIpc) is 2.94. The number of hydrogen-bond donors (Lipinski definition) is 2. The smallest absolute Gasteiger partial charge is 0.228 e. The summed E-state index contributed by atoms with van der Waals surface area (Å²) in [6, 6.07) is 8.21. The van der Waals surface area contributed by atoms with Gasteiger partial charge in [-0.1, -0.05) is 25.1 Å². The van der Waals surface area contributed by atoms with Crippen LogP contribution in [0, 0.1) is 5.41 Å². The second-order valence-corrected chi connectivity index (χ2v) is 7.06. The van der Waals surface area contributed by atoms with Crippen LogP contribution in [0.5, 0.6) is 0 Å². The van der Waals surface area contributed by atoms with Gasteiger partial charge in [0.05, 0.1) is 11.5 Å². The third kappa shape index (κ3) is 2.19. The van der Waals surface area contributed by atoms with Gasteiger partial charge in [0.2, 0.25) is 5.91 Å². The molecule has 0 aliphatic carbocycles. The zero-order chi connectivity index (χ0) is 16.0. The van der Waals surface area contributed by atoms with Crippen LogP contribution in [0.2, 0.25) is 0 Å². The highest BCUT2D eigenvalue weighted by Gasteiger charge is 2.45. The van der Waals surface area contributed by atoms with Crippen LogP contribution in [-0.2, 0) is 11.2 Å². The number of fused-ring (bicyclic) bond motifs is 5. The number of aliphatic hydroxyl groups is 1. The summed E-state index contributed by atoms with van der Waals surface area (Å²) in [7, 11) is 0. The van der Waals surface area contributed by atoms with Crippen LogP contribution >= 0.6 is 0 Å². The van der Waals surface area contributed by atoms with E-state index in [9.17, 15) is 9.90 Å². The molecule has 2 N–H and O–H groups in total. The zero-order valence-corrected chi connectivity index (χ0v) is 13.6. The van der Waals surface area contributed by atoms with E-state index >= 15 is 0 Å². The number of benzene rings is 1. The van der Waals surface area contributed by atoms with E-state index in [4.69, 9.17) is 0 Å². The van der Waals surface area contributed by atoms with Gasteiger partial charge in [-0.25, -0.2) is 0 Å². The first-order valence-corrected chi connectivity index (χ1v) is 8.71. The van der Waals surface area contributed by atoms with Gasteiger partial charge in [0, 0.05) is 29.7 Å². The normalized spacial score (nSPS) is 28.2. The van der Waals surface area contributed by atoms with E-state index in [0.29, 0.717) is 6.42 Å². The Morgan fingerprint density at radius 3 is 3.00 bits per heavy atom. The van der Waals surface area contributed by atoms with Crippen molar-refractivity contribution in [2.24, 2.45) is 5.41 Å². The molecular weight excluding hydrogens is 288 g/mol. The van der Waals surface area contributed by atoms with Crippen LogP contribution in [0.4, 0.5) is 0 Å². The van der Waals surface area contributed by atoms with E-state index in [-0.39, 0.29) is 5.91 Å². The molecular formula is C19H24N2O2. The summed E-state index contributed by atoms with van der Waals surface area (Å²) in [6.45, 7) is 3.69. The quantitative estimate of drug-likeness (QED) is 0.850. The minimum Gasteiger partial charge on any atom is -0.387 e. The first-order valence-electron chi connectivity index (χ1n) is 8.71. The van der Waals surface area contributed by atoms with E-state index in [1.807, 2.05) is 17.0 Å². The fourth-order valence-corrected chi connectivity index (χ4v) is 4.52. The molecule has 1 saturated heterocycles. The predicted octanol–water partition coefficient (Wildman–Crippen LogP) is 3.17. The molecule has 0 radical (unpaired) electrons. The lowest BCUT2D eigenvalue weighted by atomic mass is 9.72. The summed E-state index contributed by atoms with van der Waals surface area (Å²) in [4.78, 5) is 18.4. The molecule has 0 saturated carbocycles. The summed E-state index contributed by atoms with van der Waals surface area (Å²) in [6.07, 6.45) is 3.47. The van der Waals surface area contributed by atoms with Crippen LogP contribution in [-0.4, -0.2) is 34.0 Å². The lowest BCUT2D eigenvalue weighted by Gasteiger charge is -2.41. The SMILES string of the molecule is CC[C@@]12CCCN(CCc3c([nH]c4ccccc34)[C@@H](O)C1)C2=O. The number of carbonyl (C=O) groups excluding carboxylic acids is 1. The minimum absolute atomic E-state index is 0.250. The van der Waals surface area contributed by atoms with Crippen LogP contribution in [0.3, 0.4) is 0 Å². The van der Waals surface area contributed by atoms with Crippen LogP contribution in [0.15, 0.2) is 24.3 Å². The Labute approximate surface area is 136 Å². The molecule has 1 amide bonds. The van der Waals surface area contributed by atoms with Crippen molar-refractivity contribution < 1.29 is 9.90 Å². The predicted molar refractivity (Wildman–Crippen MR) is 90.1 cm³/mol. The summed E-state index contributed by atoms with van der Waals surface area (Å²) in [5, 5.41) is 12.1. The molecule has 2 bridgehead atoms. The number of para-hydroxylation sites is 1. The van der Waals surface area contributed by atoms with E-state index in [1.54, 1.807) is 0 Å². The van der Waals surface area contributed by atoms with Crippen molar-refractivity contribution in [3.63, 3.8) is 0 Å². The van der Waals surface area contributed by atoms with Gasteiger partial charge in [-0.15, -0.1) is 0 Å². The monoisotopic (exact) mass is 312 g/mol. The van der Waals surface area contributed by atoms with Gasteiger partial charge in [-0.05, 0) is 43.7 Å². The van der Waals surface area contributed by atoms with E-state index in [1.165, 1.54) is 10.9 Å². The fraction of sp³-hybridized carbons (Fsp3) is 0.526. The van der Waals surface area contributed by atoms with E-state index in [0.717, 1.165) is 50.0 Å². The number of carbonyl (C=O) groups is 1. The molecule has 122 valence electrons. The lowest BCUT2D eigenvalue weighted by Crippen LogP contribution is -2.49. The maximum absolute atomic E-state index is 13.0. The largest absolute Gasteiger partial charge is 0.387 e. The molecule has 4 rings (SSSR count). The van der Waals surface area contributed by atoms with Crippen molar-refractivity contribution in [2.75, 3.05) is 13.1 Å². The standard InChI is InChI=1S/C19H24N2O2/c1-2-19-9-5-10-21(18(19)23)11-8-14-13-6-3-4-7-15(13)20-17(14)16(22)12-19/h3-4,6-7,16,20,22H,2,5,8-12H2,1H3/t16-,19+/m0/s1. The third-order valence-corrected chi connectivity index (χ3v) is 5.90. The van der Waals surface area contributed by atoms with Crippen molar-refractivity contribution in [1.29, 1.82) is 0 Å². The van der Waals surface area contributed by atoms with Crippen molar-refractivity contribution in [3.05, 3.63) is 35.5 Å². The zero-order valence-electron chi connectivity index (χ0n) is 13.6. The number of aliphatic hydroxyl groups excluding tert-OH is 1. The molecule has 23 heavy (non-hydrogen) atoms. The molecule has 3 heterocycles. The van der Waals surface area contributed by atoms with Crippen molar-refractivity contribution in [1.82, 2.24) is 9.88 Å². The number of hydrogen-bond acceptors (Lipinski definition) is 2. The second kappa shape index (κ2) is 5.38. The molecule has 4 heteroatoms. The first-order chi connectivity index (χ1) is 11.1. The number of rotatable bonds is 1. The summed E-state index contributed by atoms with van der Waals surface area (Å²) < 4.78 is 0. The Morgan fingerprint density at radius 1 is 1.35 bits per heavy atom. The summed E-state index contributed by atoms with van der Waals surface area (Å²) >= 11 is 0. The van der Waals surface area contributed by atoms with Gasteiger partial charge in [0.1, 0.15) is 0 Å². The highest BCUT2D eigenvalue weighted by Crippen LogP contribution is 2.44. The number of nitrogens with zero attached hydrogens (tertiary/aromatic N) is 1. The molecule has 2 aliphatic rings. The molecule has 2 atom stereocenters. The molecule has 1 fully saturated rings. The maximum atomic E-state index is 13.0. The van der Waals surface area contributed by atoms with Gasteiger partial charge in [-0.3, -0.25) is 4.79 Å². The number of aromatic nitrogens is 1. The van der Waals surface area contributed by atoms with E-state index in [2.05, 4.69) is 24.0 Å². The highest BCUT2D eigenvalue weighted by molar-refractivity contribution is 5.86. The summed E-state index contributed by atoms with van der Waals surface area (Å²) in [5.74, 6) is 0.250. The molecule has 4 nitrogen and oxygen atoms in total. The molecule has 1 aromatic carbocycles. The highest BCUT2D eigenvalue weighted by atomic mass is 16.3. The van der Waals surface area contributed by atoms with Gasteiger partial charge in [0.15, 0.2) is 0 Å². The lowest BCUT2D eigenvalue weighted by molar-refractivity contribution is -0.149. The number of piperidine rings is 1. The van der Waals surface area contributed by atoms with Crippen molar-refractivity contribution in [2.45, 2.75) is 45.1 Å². The van der Waals surface area contributed by atoms with E-state index < -0.39 is 11.5 Å². The Kier molecular flexibility index (Phi) is 3.45. The first kappa shape index (κ1) is 14.8. The number of nitrogens with one attached hydrogen (secondary N) is 1. The molecule has 1 aromatic heterocycles. The van der Waals surface area contributed by atoms with Crippen LogP contribution in [0.25, 0.3) is 10.9 Å². The fourth-order valence-electron chi connectivity index (χ4n) is 4.52. The van der Waals surface area contributed by atoms with Gasteiger partial charge in [0.25, 0.3) is 0 Å². The summed E-state index contributed by atoms with van der Waals surface area (Å²) in [5.41, 5.74) is 2.78. The Hall–Kier alpha value is -1.81.